The van der Waals surface area contributed by atoms with Crippen LogP contribution in [0.15, 0.2) is 0 Å². The van der Waals surface area contributed by atoms with E-state index in [-0.39, 0.29) is 5.91 Å². The van der Waals surface area contributed by atoms with Gasteiger partial charge in [-0.05, 0) is 26.7 Å². The van der Waals surface area contributed by atoms with Crippen LogP contribution in [0.4, 0.5) is 5.13 Å². The molecule has 4 nitrogen and oxygen atoms in total. The number of hydrogen-bond donors (Lipinski definition) is 1. The molecule has 0 aromatic carbocycles. The first-order valence-corrected chi connectivity index (χ1v) is 5.56. The van der Waals surface area contributed by atoms with Gasteiger partial charge < -0.3 is 5.32 Å². The van der Waals surface area contributed by atoms with Crippen LogP contribution >= 0.6 is 11.3 Å². The van der Waals surface area contributed by atoms with Crippen molar-refractivity contribution >= 4 is 22.4 Å². The van der Waals surface area contributed by atoms with Crippen molar-refractivity contribution in [1.29, 1.82) is 5.26 Å². The van der Waals surface area contributed by atoms with Gasteiger partial charge in [-0.1, -0.05) is 0 Å². The summed E-state index contributed by atoms with van der Waals surface area (Å²) in [6, 6.07) is 2.06. The number of amides is 1. The van der Waals surface area contributed by atoms with E-state index < -0.39 is 5.41 Å². The van der Waals surface area contributed by atoms with Gasteiger partial charge in [0.1, 0.15) is 5.41 Å². The third kappa shape index (κ3) is 1.73. The zero-order valence-electron chi connectivity index (χ0n) is 8.63. The van der Waals surface area contributed by atoms with Crippen LogP contribution < -0.4 is 5.32 Å². The second kappa shape index (κ2) is 3.31. The van der Waals surface area contributed by atoms with E-state index in [1.165, 1.54) is 11.3 Å². The second-order valence-corrected chi connectivity index (χ2v) is 5.01. The Kier molecular flexibility index (Phi) is 2.24. The highest BCUT2D eigenvalue weighted by atomic mass is 32.1. The molecular weight excluding hydrogens is 210 g/mol. The molecule has 0 unspecified atom stereocenters. The van der Waals surface area contributed by atoms with Gasteiger partial charge in [-0.3, -0.25) is 4.79 Å². The van der Waals surface area contributed by atoms with Crippen LogP contribution in [0.25, 0.3) is 0 Å². The quantitative estimate of drug-likeness (QED) is 0.830. The second-order valence-electron chi connectivity index (χ2n) is 3.81. The minimum absolute atomic E-state index is 0.209. The van der Waals surface area contributed by atoms with Crippen LogP contribution in [0.1, 0.15) is 23.4 Å². The average Bonchev–Trinajstić information content (AvgIpc) is 2.92. The molecule has 0 spiro atoms. The third-order valence-corrected chi connectivity index (χ3v) is 3.64. The predicted molar refractivity (Wildman–Crippen MR) is 57.5 cm³/mol. The van der Waals surface area contributed by atoms with Crippen LogP contribution in [0.3, 0.4) is 0 Å². The molecule has 0 saturated heterocycles. The smallest absolute Gasteiger partial charge is 0.246 e. The Bertz CT molecular complexity index is 434. The van der Waals surface area contributed by atoms with E-state index in [4.69, 9.17) is 5.26 Å². The fourth-order valence-corrected chi connectivity index (χ4v) is 2.07. The number of carbonyl (C=O) groups excluding carboxylic acids is 1. The van der Waals surface area contributed by atoms with Crippen LogP contribution in [0, 0.1) is 30.6 Å². The van der Waals surface area contributed by atoms with Gasteiger partial charge in [0, 0.05) is 4.88 Å². The lowest BCUT2D eigenvalue weighted by Crippen LogP contribution is -2.22. The van der Waals surface area contributed by atoms with Gasteiger partial charge >= 0.3 is 0 Å². The topological polar surface area (TPSA) is 65.8 Å². The molecule has 1 saturated carbocycles. The zero-order chi connectivity index (χ0) is 11.1. The van der Waals surface area contributed by atoms with Gasteiger partial charge in [0.2, 0.25) is 5.91 Å². The van der Waals surface area contributed by atoms with Crippen LogP contribution in [-0.2, 0) is 4.79 Å². The lowest BCUT2D eigenvalue weighted by Gasteiger charge is -2.03. The third-order valence-electron chi connectivity index (χ3n) is 2.65. The molecule has 1 aromatic heterocycles. The first-order chi connectivity index (χ1) is 7.07. The number of aromatic nitrogens is 1. The normalized spacial score (nSPS) is 16.9. The number of nitrogens with one attached hydrogen (secondary N) is 1. The minimum Gasteiger partial charge on any atom is -0.301 e. The minimum atomic E-state index is -0.770. The summed E-state index contributed by atoms with van der Waals surface area (Å²) in [5, 5.41) is 12.1. The van der Waals surface area contributed by atoms with Crippen molar-refractivity contribution in [3.63, 3.8) is 0 Å². The van der Waals surface area contributed by atoms with E-state index in [0.717, 1.165) is 10.6 Å². The van der Waals surface area contributed by atoms with E-state index in [2.05, 4.69) is 16.4 Å². The summed E-state index contributed by atoms with van der Waals surface area (Å²) < 4.78 is 0. The fourth-order valence-electron chi connectivity index (χ4n) is 1.26. The predicted octanol–water partition coefficient (Wildman–Crippen LogP) is 2.00. The SMILES string of the molecule is Cc1nc(NC(=O)C2(C#N)CC2)sc1C. The van der Waals surface area contributed by atoms with Crippen molar-refractivity contribution in [3.05, 3.63) is 10.6 Å². The molecular formula is C10H11N3OS. The van der Waals surface area contributed by atoms with Gasteiger partial charge in [0.05, 0.1) is 11.8 Å². The average molecular weight is 221 g/mol. The molecule has 1 heterocycles. The Morgan fingerprint density at radius 3 is 2.67 bits per heavy atom. The maximum atomic E-state index is 11.7. The molecule has 5 heteroatoms. The number of rotatable bonds is 2. The van der Waals surface area contributed by atoms with E-state index in [1.54, 1.807) is 0 Å². The number of thiazole rings is 1. The summed E-state index contributed by atoms with van der Waals surface area (Å²) in [6.07, 6.45) is 1.33. The number of carbonyl (C=O) groups is 1. The summed E-state index contributed by atoms with van der Waals surface area (Å²) in [5.74, 6) is -0.209. The van der Waals surface area contributed by atoms with Crippen molar-refractivity contribution in [1.82, 2.24) is 4.98 Å². The molecule has 0 radical (unpaired) electrons. The van der Waals surface area contributed by atoms with E-state index >= 15 is 0 Å². The van der Waals surface area contributed by atoms with E-state index in [0.29, 0.717) is 18.0 Å². The molecule has 0 atom stereocenters. The highest BCUT2D eigenvalue weighted by Crippen LogP contribution is 2.45. The molecule has 78 valence electrons. The lowest BCUT2D eigenvalue weighted by molar-refractivity contribution is -0.119. The van der Waals surface area contributed by atoms with Gasteiger partial charge in [0.25, 0.3) is 0 Å². The Morgan fingerprint density at radius 1 is 1.60 bits per heavy atom. The molecule has 1 N–H and O–H groups in total. The Morgan fingerprint density at radius 2 is 2.27 bits per heavy atom. The first-order valence-electron chi connectivity index (χ1n) is 4.74. The van der Waals surface area contributed by atoms with Crippen LogP contribution in [0.2, 0.25) is 0 Å². The van der Waals surface area contributed by atoms with Crippen LogP contribution in [-0.4, -0.2) is 10.9 Å². The standard InChI is InChI=1S/C10H11N3OS/c1-6-7(2)15-9(12-6)13-8(14)10(5-11)3-4-10/h3-4H2,1-2H3,(H,12,13,14). The van der Waals surface area contributed by atoms with Crippen LogP contribution in [0.5, 0.6) is 0 Å². The Labute approximate surface area is 91.9 Å². The highest BCUT2D eigenvalue weighted by molar-refractivity contribution is 7.15. The molecule has 0 aliphatic heterocycles. The van der Waals surface area contributed by atoms with Crippen molar-refractivity contribution < 1.29 is 4.79 Å². The summed E-state index contributed by atoms with van der Waals surface area (Å²) in [5.41, 5.74) is 0.158. The van der Waals surface area contributed by atoms with E-state index in [1.807, 2.05) is 13.8 Å². The molecule has 1 fully saturated rings. The Hall–Kier alpha value is -1.41. The maximum absolute atomic E-state index is 11.7. The number of anilines is 1. The lowest BCUT2D eigenvalue weighted by atomic mass is 10.1. The molecule has 0 bridgehead atoms. The number of nitriles is 1. The van der Waals surface area contributed by atoms with E-state index in [9.17, 15) is 4.79 Å². The van der Waals surface area contributed by atoms with Crippen molar-refractivity contribution in [2.75, 3.05) is 5.32 Å². The monoisotopic (exact) mass is 221 g/mol. The number of nitrogens with zero attached hydrogens (tertiary/aromatic N) is 2. The molecule has 1 aliphatic carbocycles. The van der Waals surface area contributed by atoms with Crippen molar-refractivity contribution in [2.45, 2.75) is 26.7 Å². The summed E-state index contributed by atoms with van der Waals surface area (Å²) in [7, 11) is 0. The first kappa shape index (κ1) is 10.1. The van der Waals surface area contributed by atoms with Gasteiger partial charge in [0.15, 0.2) is 5.13 Å². The van der Waals surface area contributed by atoms with Gasteiger partial charge in [-0.15, -0.1) is 11.3 Å². The summed E-state index contributed by atoms with van der Waals surface area (Å²) in [4.78, 5) is 17.0. The van der Waals surface area contributed by atoms with Gasteiger partial charge in [-0.2, -0.15) is 5.26 Å². The highest BCUT2D eigenvalue weighted by Gasteiger charge is 2.50. The summed E-state index contributed by atoms with van der Waals surface area (Å²) in [6.45, 7) is 3.86. The molecule has 1 aromatic rings. The largest absolute Gasteiger partial charge is 0.301 e. The maximum Gasteiger partial charge on any atom is 0.246 e. The molecule has 1 amide bonds. The zero-order valence-corrected chi connectivity index (χ0v) is 9.44. The van der Waals surface area contributed by atoms with Crippen molar-refractivity contribution in [2.24, 2.45) is 5.41 Å². The molecule has 1 aliphatic rings. The number of aryl methyl sites for hydroxylation is 2. The fraction of sp³-hybridized carbons (Fsp3) is 0.500. The van der Waals surface area contributed by atoms with Gasteiger partial charge in [-0.25, -0.2) is 4.98 Å². The van der Waals surface area contributed by atoms with Crippen molar-refractivity contribution in [3.8, 4) is 6.07 Å². The Balaban J connectivity index is 2.10. The molecule has 2 rings (SSSR count). The molecule has 15 heavy (non-hydrogen) atoms. The number of hydrogen-bond acceptors (Lipinski definition) is 4. The summed E-state index contributed by atoms with van der Waals surface area (Å²) >= 11 is 1.44.